The van der Waals surface area contributed by atoms with Crippen molar-refractivity contribution in [2.24, 2.45) is 0 Å². The second-order valence-electron chi connectivity index (χ2n) is 6.59. The first-order chi connectivity index (χ1) is 14.1. The minimum atomic E-state index is -0.654. The van der Waals surface area contributed by atoms with Gasteiger partial charge in [0.05, 0.1) is 18.4 Å². The Labute approximate surface area is 166 Å². The van der Waals surface area contributed by atoms with Gasteiger partial charge in [-0.25, -0.2) is 23.7 Å². The molecule has 1 saturated heterocycles. The highest BCUT2D eigenvalue weighted by atomic mass is 16.6. The van der Waals surface area contributed by atoms with Crippen LogP contribution in [-0.4, -0.2) is 50.5 Å². The predicted octanol–water partition coefficient (Wildman–Crippen LogP) is 2.19. The fourth-order valence-electron chi connectivity index (χ4n) is 3.41. The van der Waals surface area contributed by atoms with E-state index in [1.807, 2.05) is 12.1 Å². The van der Waals surface area contributed by atoms with Gasteiger partial charge in [0.2, 0.25) is 0 Å². The number of nitrogens with zero attached hydrogens (tertiary/aromatic N) is 4. The molecule has 3 aromatic rings. The number of nitrogen functional groups attached to an aromatic ring is 1. The highest BCUT2D eigenvalue weighted by molar-refractivity contribution is 5.92. The monoisotopic (exact) mass is 399 g/mol. The average molecular weight is 399 g/mol. The third-order valence-corrected chi connectivity index (χ3v) is 4.77. The summed E-state index contributed by atoms with van der Waals surface area (Å²) < 4.78 is 19.2. The molecule has 10 heteroatoms. The van der Waals surface area contributed by atoms with Gasteiger partial charge in [-0.05, 0) is 44.0 Å². The minimum absolute atomic E-state index is 0.0796. The fraction of sp³-hybridized carbons (Fsp3) is 0.368. The van der Waals surface area contributed by atoms with E-state index in [0.717, 1.165) is 28.6 Å². The van der Waals surface area contributed by atoms with Crippen molar-refractivity contribution in [1.82, 2.24) is 19.2 Å². The number of fused-ring (bicyclic) bond motifs is 1. The van der Waals surface area contributed by atoms with E-state index in [0.29, 0.717) is 5.82 Å². The molecule has 0 radical (unpaired) electrons. The Balaban J connectivity index is 1.37. The van der Waals surface area contributed by atoms with Crippen LogP contribution in [0.5, 0.6) is 0 Å². The summed E-state index contributed by atoms with van der Waals surface area (Å²) in [4.78, 5) is 28.2. The number of aromatic nitrogens is 4. The van der Waals surface area contributed by atoms with Gasteiger partial charge in [0.1, 0.15) is 30.2 Å². The molecule has 0 aliphatic carbocycles. The molecule has 0 amide bonds. The van der Waals surface area contributed by atoms with Crippen molar-refractivity contribution in [3.63, 3.8) is 0 Å². The maximum absolute atomic E-state index is 12.4. The summed E-state index contributed by atoms with van der Waals surface area (Å²) in [5, 5.41) is 4.23. The number of carbonyl (C=O) groups excluding carboxylic acids is 2. The summed E-state index contributed by atoms with van der Waals surface area (Å²) in [5.41, 5.74) is 7.59. The van der Waals surface area contributed by atoms with Crippen molar-refractivity contribution in [2.75, 3.05) is 18.9 Å². The summed E-state index contributed by atoms with van der Waals surface area (Å²) in [7, 11) is 0. The highest BCUT2D eigenvalue weighted by Gasteiger charge is 2.30. The van der Waals surface area contributed by atoms with Gasteiger partial charge in [0, 0.05) is 6.20 Å². The van der Waals surface area contributed by atoms with Crippen LogP contribution in [-0.2, 0) is 14.2 Å². The summed E-state index contributed by atoms with van der Waals surface area (Å²) in [6, 6.07) is 6.85. The van der Waals surface area contributed by atoms with Gasteiger partial charge in [-0.1, -0.05) is 0 Å². The summed E-state index contributed by atoms with van der Waals surface area (Å²) >= 11 is 0. The Bertz CT molecular complexity index is 1040. The second kappa shape index (κ2) is 7.92. The molecule has 2 atom stereocenters. The topological polar surface area (TPSA) is 123 Å². The third kappa shape index (κ3) is 3.66. The largest absolute Gasteiger partial charge is 0.461 e. The van der Waals surface area contributed by atoms with E-state index in [1.165, 1.54) is 18.6 Å². The van der Waals surface area contributed by atoms with E-state index < -0.39 is 12.1 Å². The van der Waals surface area contributed by atoms with E-state index >= 15 is 0 Å². The summed E-state index contributed by atoms with van der Waals surface area (Å²) in [5.74, 6) is -0.174. The molecule has 4 heterocycles. The van der Waals surface area contributed by atoms with Crippen molar-refractivity contribution in [1.29, 1.82) is 0 Å². The molecule has 29 heavy (non-hydrogen) atoms. The molecule has 0 saturated carbocycles. The van der Waals surface area contributed by atoms with Gasteiger partial charge in [-0.2, -0.15) is 5.10 Å². The van der Waals surface area contributed by atoms with Crippen LogP contribution in [0.2, 0.25) is 0 Å². The van der Waals surface area contributed by atoms with Crippen molar-refractivity contribution in [3.8, 4) is 0 Å². The Morgan fingerprint density at radius 1 is 1.28 bits per heavy atom. The van der Waals surface area contributed by atoms with Crippen molar-refractivity contribution < 1.29 is 23.8 Å². The quantitative estimate of drug-likeness (QED) is 0.648. The maximum atomic E-state index is 12.4. The van der Waals surface area contributed by atoms with Gasteiger partial charge < -0.3 is 19.9 Å². The second-order valence-corrected chi connectivity index (χ2v) is 6.59. The van der Waals surface area contributed by atoms with E-state index in [2.05, 4.69) is 10.1 Å². The van der Waals surface area contributed by atoms with E-state index in [1.54, 1.807) is 17.5 Å². The lowest BCUT2D eigenvalue weighted by Crippen LogP contribution is -2.24. The fourth-order valence-corrected chi connectivity index (χ4v) is 3.41. The number of esters is 1. The molecule has 2 N–H and O–H groups in total. The molecular formula is C19H21N5O5. The molecular weight excluding hydrogens is 378 g/mol. The van der Waals surface area contributed by atoms with Crippen LogP contribution >= 0.6 is 0 Å². The zero-order valence-corrected chi connectivity index (χ0v) is 15.9. The molecule has 1 aliphatic heterocycles. The normalized spacial score (nSPS) is 18.8. The Morgan fingerprint density at radius 3 is 2.97 bits per heavy atom. The van der Waals surface area contributed by atoms with Crippen LogP contribution in [0, 0.1) is 0 Å². The van der Waals surface area contributed by atoms with E-state index in [4.69, 9.17) is 19.9 Å². The first-order valence-electron chi connectivity index (χ1n) is 9.33. The van der Waals surface area contributed by atoms with Gasteiger partial charge in [0.15, 0.2) is 5.82 Å². The van der Waals surface area contributed by atoms with Crippen molar-refractivity contribution >= 4 is 23.4 Å². The number of hydrogen-bond donors (Lipinski definition) is 1. The summed E-state index contributed by atoms with van der Waals surface area (Å²) in [6.45, 7) is 2.00. The smallest absolute Gasteiger partial charge is 0.418 e. The van der Waals surface area contributed by atoms with E-state index in [9.17, 15) is 9.59 Å². The first-order valence-corrected chi connectivity index (χ1v) is 9.33. The molecule has 0 bridgehead atoms. The zero-order chi connectivity index (χ0) is 20.4. The van der Waals surface area contributed by atoms with Crippen molar-refractivity contribution in [3.05, 3.63) is 48.2 Å². The first kappa shape index (κ1) is 18.9. The molecule has 4 rings (SSSR count). The molecule has 2 unspecified atom stereocenters. The third-order valence-electron chi connectivity index (χ3n) is 4.77. The zero-order valence-electron chi connectivity index (χ0n) is 15.9. The number of ether oxygens (including phenoxy) is 3. The predicted molar refractivity (Wildman–Crippen MR) is 101 cm³/mol. The lowest BCUT2D eigenvalue weighted by atomic mass is 10.1. The average Bonchev–Trinajstić information content (AvgIpc) is 3.45. The standard InChI is InChI=1S/C19H21N5O5/c1-2-27-18(25)15-4-3-9-23(15)19(26)28-10-12-5-8-16(29-12)13-6-7-14-17(20)21-11-22-24(13)14/h3-4,6-7,9,11-12,16H,2,5,8,10H2,1H3,(H2,20,21,22). The number of hydrogen-bond acceptors (Lipinski definition) is 8. The van der Waals surface area contributed by atoms with Crippen LogP contribution in [0.1, 0.15) is 42.1 Å². The molecule has 1 fully saturated rings. The van der Waals surface area contributed by atoms with Crippen LogP contribution in [0.15, 0.2) is 36.8 Å². The van der Waals surface area contributed by atoms with Crippen LogP contribution in [0.3, 0.4) is 0 Å². The number of rotatable bonds is 5. The molecule has 0 aromatic carbocycles. The maximum Gasteiger partial charge on any atom is 0.418 e. The van der Waals surface area contributed by atoms with Crippen molar-refractivity contribution in [2.45, 2.75) is 32.0 Å². The lowest BCUT2D eigenvalue weighted by molar-refractivity contribution is 0.00188. The molecule has 152 valence electrons. The minimum Gasteiger partial charge on any atom is -0.461 e. The molecule has 3 aromatic heterocycles. The van der Waals surface area contributed by atoms with Gasteiger partial charge in [-0.15, -0.1) is 0 Å². The Morgan fingerprint density at radius 2 is 2.14 bits per heavy atom. The van der Waals surface area contributed by atoms with Gasteiger partial charge in [0.25, 0.3) is 0 Å². The Hall–Kier alpha value is -3.40. The highest BCUT2D eigenvalue weighted by Crippen LogP contribution is 2.34. The SMILES string of the molecule is CCOC(=O)c1cccn1C(=O)OCC1CCC(c2ccc3c(N)ncnn23)O1. The number of nitrogens with two attached hydrogens (primary N) is 1. The lowest BCUT2D eigenvalue weighted by Gasteiger charge is -2.15. The Kier molecular flexibility index (Phi) is 5.17. The number of carbonyl (C=O) groups is 2. The molecule has 10 nitrogen and oxygen atoms in total. The van der Waals surface area contributed by atoms with Gasteiger partial charge >= 0.3 is 12.1 Å². The van der Waals surface area contributed by atoms with Crippen LogP contribution < -0.4 is 5.73 Å². The van der Waals surface area contributed by atoms with E-state index in [-0.39, 0.29) is 31.1 Å². The van der Waals surface area contributed by atoms with Crippen LogP contribution in [0.25, 0.3) is 5.52 Å². The molecule has 1 aliphatic rings. The summed E-state index contributed by atoms with van der Waals surface area (Å²) in [6.07, 6.45) is 3.26. The van der Waals surface area contributed by atoms with Gasteiger partial charge in [-0.3, -0.25) is 0 Å². The van der Waals surface area contributed by atoms with Crippen LogP contribution in [0.4, 0.5) is 10.6 Å². The number of anilines is 1. The molecule has 0 spiro atoms.